The Balaban J connectivity index is 2.32. The van der Waals surface area contributed by atoms with E-state index < -0.39 is 0 Å². The van der Waals surface area contributed by atoms with E-state index in [2.05, 4.69) is 33.7 Å². The monoisotopic (exact) mass is 264 g/mol. The van der Waals surface area contributed by atoms with Crippen LogP contribution in [-0.2, 0) is 4.74 Å². The number of carbonyl (C=O) groups is 1. The van der Waals surface area contributed by atoms with Crippen molar-refractivity contribution in [3.8, 4) is 0 Å². The molecule has 0 bridgehead atoms. The van der Waals surface area contributed by atoms with E-state index in [1.165, 1.54) is 19.6 Å². The molecule has 2 rings (SSSR count). The Hall–Kier alpha value is -1.69. The van der Waals surface area contributed by atoms with Gasteiger partial charge in [-0.1, -0.05) is 0 Å². The minimum Gasteiger partial charge on any atom is -0.465 e. The van der Waals surface area contributed by atoms with Crippen LogP contribution in [0, 0.1) is 0 Å². The van der Waals surface area contributed by atoms with Gasteiger partial charge in [0.2, 0.25) is 0 Å². The van der Waals surface area contributed by atoms with Gasteiger partial charge >= 0.3 is 5.97 Å². The van der Waals surface area contributed by atoms with E-state index in [-0.39, 0.29) is 5.97 Å². The Labute approximate surface area is 113 Å². The summed E-state index contributed by atoms with van der Waals surface area (Å²) in [6.07, 6.45) is 4.05. The van der Waals surface area contributed by atoms with E-state index in [4.69, 9.17) is 4.74 Å². The SMILES string of the molecule is COC(=O)c1cncnc1N1CCCN(C)CC1C. The molecule has 0 N–H and O–H groups in total. The third-order valence-corrected chi connectivity index (χ3v) is 3.42. The maximum absolute atomic E-state index is 11.8. The van der Waals surface area contributed by atoms with E-state index >= 15 is 0 Å². The Morgan fingerprint density at radius 1 is 1.47 bits per heavy atom. The highest BCUT2D eigenvalue weighted by Crippen LogP contribution is 2.22. The summed E-state index contributed by atoms with van der Waals surface area (Å²) in [6, 6.07) is 0.297. The number of nitrogens with zero attached hydrogens (tertiary/aromatic N) is 4. The van der Waals surface area contributed by atoms with Crippen LogP contribution in [0.4, 0.5) is 5.82 Å². The molecule has 0 saturated carbocycles. The molecule has 0 spiro atoms. The number of likely N-dealkylation sites (N-methyl/N-ethyl adjacent to an activating group) is 1. The zero-order valence-electron chi connectivity index (χ0n) is 11.7. The van der Waals surface area contributed by atoms with Gasteiger partial charge in [0.25, 0.3) is 0 Å². The number of hydrogen-bond acceptors (Lipinski definition) is 6. The summed E-state index contributed by atoms with van der Waals surface area (Å²) in [4.78, 5) is 24.5. The number of ether oxygens (including phenoxy) is 1. The summed E-state index contributed by atoms with van der Waals surface area (Å²) in [7, 11) is 3.49. The first kappa shape index (κ1) is 13.7. The summed E-state index contributed by atoms with van der Waals surface area (Å²) >= 11 is 0. The van der Waals surface area contributed by atoms with Crippen molar-refractivity contribution >= 4 is 11.8 Å². The van der Waals surface area contributed by atoms with Crippen molar-refractivity contribution in [2.45, 2.75) is 19.4 Å². The van der Waals surface area contributed by atoms with E-state index in [0.717, 1.165) is 26.1 Å². The number of rotatable bonds is 2. The summed E-state index contributed by atoms with van der Waals surface area (Å²) in [5.74, 6) is 0.282. The molecule has 1 atom stereocenters. The number of methoxy groups -OCH3 is 1. The van der Waals surface area contributed by atoms with Gasteiger partial charge in [0.1, 0.15) is 17.7 Å². The average Bonchev–Trinajstić information content (AvgIpc) is 2.58. The summed E-state index contributed by atoms with van der Waals surface area (Å²) in [6.45, 7) is 5.03. The lowest BCUT2D eigenvalue weighted by Crippen LogP contribution is -2.39. The minimum absolute atomic E-state index is 0.297. The highest BCUT2D eigenvalue weighted by Gasteiger charge is 2.25. The zero-order valence-corrected chi connectivity index (χ0v) is 11.7. The predicted octanol–water partition coefficient (Wildman–Crippen LogP) is 0.794. The van der Waals surface area contributed by atoms with Crippen LogP contribution in [-0.4, -0.2) is 60.7 Å². The number of aromatic nitrogens is 2. The lowest BCUT2D eigenvalue weighted by Gasteiger charge is -2.29. The predicted molar refractivity (Wildman–Crippen MR) is 72.3 cm³/mol. The second-order valence-corrected chi connectivity index (χ2v) is 4.91. The molecule has 1 saturated heterocycles. The first-order valence-corrected chi connectivity index (χ1v) is 6.47. The van der Waals surface area contributed by atoms with Crippen LogP contribution in [0.5, 0.6) is 0 Å². The van der Waals surface area contributed by atoms with Crippen molar-refractivity contribution in [3.63, 3.8) is 0 Å². The van der Waals surface area contributed by atoms with Crippen LogP contribution in [0.1, 0.15) is 23.7 Å². The van der Waals surface area contributed by atoms with Gasteiger partial charge in [-0.05, 0) is 26.9 Å². The van der Waals surface area contributed by atoms with E-state index in [1.807, 2.05) is 0 Å². The fraction of sp³-hybridized carbons (Fsp3) is 0.615. The van der Waals surface area contributed by atoms with Gasteiger partial charge < -0.3 is 14.5 Å². The highest BCUT2D eigenvalue weighted by atomic mass is 16.5. The molecule has 1 aromatic heterocycles. The van der Waals surface area contributed by atoms with Crippen LogP contribution >= 0.6 is 0 Å². The zero-order chi connectivity index (χ0) is 13.8. The van der Waals surface area contributed by atoms with Crippen LogP contribution in [0.2, 0.25) is 0 Å². The van der Waals surface area contributed by atoms with Gasteiger partial charge in [-0.15, -0.1) is 0 Å². The molecule has 2 heterocycles. The molecule has 104 valence electrons. The Kier molecular flexibility index (Phi) is 4.31. The molecular weight excluding hydrogens is 244 g/mol. The quantitative estimate of drug-likeness (QED) is 0.736. The van der Waals surface area contributed by atoms with E-state index in [1.54, 1.807) is 0 Å². The lowest BCUT2D eigenvalue weighted by molar-refractivity contribution is 0.0600. The molecule has 0 amide bonds. The normalized spacial score (nSPS) is 21.0. The van der Waals surface area contributed by atoms with Gasteiger partial charge in [-0.2, -0.15) is 0 Å². The Morgan fingerprint density at radius 3 is 3.00 bits per heavy atom. The molecule has 6 nitrogen and oxygen atoms in total. The van der Waals surface area contributed by atoms with Gasteiger partial charge in [-0.25, -0.2) is 14.8 Å². The second-order valence-electron chi connectivity index (χ2n) is 4.91. The standard InChI is InChI=1S/C13H20N4O2/c1-10-8-16(2)5-4-6-17(10)12-11(13(18)19-3)7-14-9-15-12/h7,9-10H,4-6,8H2,1-3H3. The topological polar surface area (TPSA) is 58.6 Å². The Morgan fingerprint density at radius 2 is 2.26 bits per heavy atom. The van der Waals surface area contributed by atoms with E-state index in [9.17, 15) is 4.79 Å². The van der Waals surface area contributed by atoms with Crippen molar-refractivity contribution in [1.82, 2.24) is 14.9 Å². The Bertz CT molecular complexity index is 452. The molecule has 0 aliphatic carbocycles. The van der Waals surface area contributed by atoms with Crippen LogP contribution in [0.15, 0.2) is 12.5 Å². The maximum atomic E-state index is 11.8. The molecule has 0 aromatic carbocycles. The first-order valence-electron chi connectivity index (χ1n) is 6.47. The van der Waals surface area contributed by atoms with Crippen molar-refractivity contribution in [2.24, 2.45) is 0 Å². The molecule has 1 fully saturated rings. The third-order valence-electron chi connectivity index (χ3n) is 3.42. The fourth-order valence-corrected chi connectivity index (χ4v) is 2.49. The molecule has 19 heavy (non-hydrogen) atoms. The molecule has 0 radical (unpaired) electrons. The molecule has 1 aliphatic rings. The van der Waals surface area contributed by atoms with Crippen molar-refractivity contribution < 1.29 is 9.53 Å². The second kappa shape index (κ2) is 5.97. The van der Waals surface area contributed by atoms with Crippen molar-refractivity contribution in [1.29, 1.82) is 0 Å². The molecule has 1 aliphatic heterocycles. The number of hydrogen-bond donors (Lipinski definition) is 0. The average molecular weight is 264 g/mol. The van der Waals surface area contributed by atoms with Crippen LogP contribution < -0.4 is 4.90 Å². The number of esters is 1. The van der Waals surface area contributed by atoms with E-state index in [0.29, 0.717) is 17.4 Å². The van der Waals surface area contributed by atoms with Crippen molar-refractivity contribution in [2.75, 3.05) is 38.7 Å². The molecule has 1 aromatic rings. The third kappa shape index (κ3) is 3.01. The largest absolute Gasteiger partial charge is 0.465 e. The van der Waals surface area contributed by atoms with Gasteiger partial charge in [-0.3, -0.25) is 0 Å². The number of anilines is 1. The molecule has 1 unspecified atom stereocenters. The summed E-state index contributed by atoms with van der Waals surface area (Å²) in [5.41, 5.74) is 0.432. The first-order chi connectivity index (χ1) is 9.13. The van der Waals surface area contributed by atoms with Crippen LogP contribution in [0.3, 0.4) is 0 Å². The highest BCUT2D eigenvalue weighted by molar-refractivity contribution is 5.94. The lowest BCUT2D eigenvalue weighted by atomic mass is 10.2. The fourth-order valence-electron chi connectivity index (χ4n) is 2.49. The maximum Gasteiger partial charge on any atom is 0.343 e. The van der Waals surface area contributed by atoms with Crippen LogP contribution in [0.25, 0.3) is 0 Å². The summed E-state index contributed by atoms with van der Waals surface area (Å²) < 4.78 is 4.80. The van der Waals surface area contributed by atoms with Gasteiger partial charge in [0.15, 0.2) is 0 Å². The molecule has 6 heteroatoms. The smallest absolute Gasteiger partial charge is 0.343 e. The molecular formula is C13H20N4O2. The van der Waals surface area contributed by atoms with Crippen molar-refractivity contribution in [3.05, 3.63) is 18.1 Å². The summed E-state index contributed by atoms with van der Waals surface area (Å²) in [5, 5.41) is 0. The number of carbonyl (C=O) groups excluding carboxylic acids is 1. The van der Waals surface area contributed by atoms with Gasteiger partial charge in [0.05, 0.1) is 7.11 Å². The van der Waals surface area contributed by atoms with Gasteiger partial charge in [0, 0.05) is 25.3 Å². The minimum atomic E-state index is -0.389.